The van der Waals surface area contributed by atoms with Crippen molar-refractivity contribution in [2.45, 2.75) is 56.9 Å². The van der Waals surface area contributed by atoms with E-state index >= 15 is 0 Å². The molecule has 0 amide bonds. The second kappa shape index (κ2) is 8.94. The normalized spacial score (nSPS) is 13.9. The van der Waals surface area contributed by atoms with Crippen molar-refractivity contribution in [3.05, 3.63) is 35.4 Å². The summed E-state index contributed by atoms with van der Waals surface area (Å²) in [4.78, 5) is 16.0. The van der Waals surface area contributed by atoms with Crippen molar-refractivity contribution in [1.29, 1.82) is 0 Å². The Balaban J connectivity index is 2.25. The van der Waals surface area contributed by atoms with Crippen LogP contribution in [-0.4, -0.2) is 27.7 Å². The fraction of sp³-hybridized carbons (Fsp3) is 0.600. The standard InChI is InChI=1S/C15H25O6PS/c1-13-9-7-8-11-14(13)10-5-3-2-4-6-12-15(22(16,17)18)23(19,20)21/h7-9,11,15H,2-6,10,12H2,1H3,(H2,16,17,18)(H,19,20,21). The Hall–Kier alpha value is -0.720. The van der Waals surface area contributed by atoms with Gasteiger partial charge in [-0.2, -0.15) is 8.42 Å². The van der Waals surface area contributed by atoms with Gasteiger partial charge < -0.3 is 9.79 Å². The van der Waals surface area contributed by atoms with E-state index in [-0.39, 0.29) is 6.42 Å². The van der Waals surface area contributed by atoms with Gasteiger partial charge in [-0.05, 0) is 37.3 Å². The molecule has 0 bridgehead atoms. The minimum atomic E-state index is -4.84. The number of hydrogen-bond acceptors (Lipinski definition) is 3. The summed E-state index contributed by atoms with van der Waals surface area (Å²) in [5.41, 5.74) is 2.59. The number of rotatable bonds is 10. The maximum atomic E-state index is 11.1. The molecule has 1 rings (SSSR count). The molecule has 8 heteroatoms. The van der Waals surface area contributed by atoms with Gasteiger partial charge in [-0.1, -0.05) is 49.9 Å². The van der Waals surface area contributed by atoms with Crippen LogP contribution in [0.4, 0.5) is 0 Å². The van der Waals surface area contributed by atoms with Gasteiger partial charge in [0.1, 0.15) is 0 Å². The van der Waals surface area contributed by atoms with Gasteiger partial charge >= 0.3 is 7.60 Å². The smallest absolute Gasteiger partial charge is 0.323 e. The van der Waals surface area contributed by atoms with E-state index in [0.717, 1.165) is 25.7 Å². The molecule has 0 aliphatic rings. The van der Waals surface area contributed by atoms with Gasteiger partial charge in [0, 0.05) is 0 Å². The van der Waals surface area contributed by atoms with Crippen LogP contribution in [0.25, 0.3) is 0 Å². The monoisotopic (exact) mass is 364 g/mol. The Morgan fingerprint density at radius 1 is 1.04 bits per heavy atom. The molecular weight excluding hydrogens is 339 g/mol. The van der Waals surface area contributed by atoms with Gasteiger partial charge in [-0.25, -0.2) is 0 Å². The molecule has 1 aromatic rings. The first-order chi connectivity index (χ1) is 10.6. The predicted molar refractivity (Wildman–Crippen MR) is 90.0 cm³/mol. The molecule has 0 saturated heterocycles. The summed E-state index contributed by atoms with van der Waals surface area (Å²) in [6, 6.07) is 8.20. The van der Waals surface area contributed by atoms with Crippen molar-refractivity contribution in [1.82, 2.24) is 0 Å². The van der Waals surface area contributed by atoms with Gasteiger partial charge in [0.25, 0.3) is 10.1 Å². The molecule has 0 aliphatic carbocycles. The second-order valence-corrected chi connectivity index (χ2v) is 9.54. The highest BCUT2D eigenvalue weighted by Gasteiger charge is 2.38. The molecular formula is C15H25O6PS. The van der Waals surface area contributed by atoms with Crippen molar-refractivity contribution in [3.8, 4) is 0 Å². The average Bonchev–Trinajstić information content (AvgIpc) is 2.40. The highest BCUT2D eigenvalue weighted by atomic mass is 32.2. The first-order valence-corrected chi connectivity index (χ1v) is 10.9. The lowest BCUT2D eigenvalue weighted by atomic mass is 10.0. The Morgan fingerprint density at radius 3 is 2.17 bits per heavy atom. The Kier molecular flexibility index (Phi) is 7.90. The summed E-state index contributed by atoms with van der Waals surface area (Å²) in [7, 11) is -9.57. The minimum absolute atomic E-state index is 0.221. The third kappa shape index (κ3) is 7.59. The quantitative estimate of drug-likeness (QED) is 0.334. The molecule has 1 unspecified atom stereocenters. The van der Waals surface area contributed by atoms with E-state index in [1.165, 1.54) is 11.1 Å². The zero-order valence-corrected chi connectivity index (χ0v) is 15.0. The second-order valence-electron chi connectivity index (χ2n) is 5.79. The topological polar surface area (TPSA) is 112 Å². The summed E-state index contributed by atoms with van der Waals surface area (Å²) < 4.78 is 42.0. The largest absolute Gasteiger partial charge is 0.346 e. The molecule has 23 heavy (non-hydrogen) atoms. The molecule has 6 nitrogen and oxygen atoms in total. The van der Waals surface area contributed by atoms with Crippen molar-refractivity contribution in [2.75, 3.05) is 0 Å². The molecule has 132 valence electrons. The zero-order chi connectivity index (χ0) is 17.5. The van der Waals surface area contributed by atoms with Crippen molar-refractivity contribution >= 4 is 17.7 Å². The third-order valence-corrected chi connectivity index (χ3v) is 7.43. The lowest BCUT2D eigenvalue weighted by Crippen LogP contribution is -2.20. The van der Waals surface area contributed by atoms with Crippen LogP contribution in [0.5, 0.6) is 0 Å². The highest BCUT2D eigenvalue weighted by molar-refractivity contribution is 7.93. The van der Waals surface area contributed by atoms with Crippen LogP contribution in [0, 0.1) is 6.92 Å². The van der Waals surface area contributed by atoms with Crippen molar-refractivity contribution in [3.63, 3.8) is 0 Å². The third-order valence-electron chi connectivity index (χ3n) is 3.88. The molecule has 3 N–H and O–H groups in total. The van der Waals surface area contributed by atoms with Gasteiger partial charge in [0.2, 0.25) is 0 Å². The van der Waals surface area contributed by atoms with Gasteiger partial charge in [-0.15, -0.1) is 0 Å². The molecule has 0 saturated carbocycles. The maximum absolute atomic E-state index is 11.1. The molecule has 0 aromatic heterocycles. The molecule has 0 fully saturated rings. The minimum Gasteiger partial charge on any atom is -0.323 e. The maximum Gasteiger partial charge on any atom is 0.346 e. The first kappa shape index (κ1) is 20.3. The van der Waals surface area contributed by atoms with Crippen LogP contribution >= 0.6 is 7.60 Å². The molecule has 0 heterocycles. The Bertz CT molecular complexity index is 637. The van der Waals surface area contributed by atoms with Gasteiger partial charge in [0.15, 0.2) is 4.99 Å². The van der Waals surface area contributed by atoms with Gasteiger partial charge in [0.05, 0.1) is 0 Å². The Labute approximate surface area is 137 Å². The van der Waals surface area contributed by atoms with E-state index < -0.39 is 22.7 Å². The Morgan fingerprint density at radius 2 is 1.61 bits per heavy atom. The summed E-state index contributed by atoms with van der Waals surface area (Å²) in [6.07, 6.45) is 4.67. The number of aryl methyl sites for hydroxylation is 2. The van der Waals surface area contributed by atoms with Crippen LogP contribution in [0.15, 0.2) is 24.3 Å². The van der Waals surface area contributed by atoms with E-state index in [1.54, 1.807) is 0 Å². The van der Waals surface area contributed by atoms with Crippen molar-refractivity contribution in [2.24, 2.45) is 0 Å². The summed E-state index contributed by atoms with van der Waals surface area (Å²) in [5, 5.41) is 0. The molecule has 0 radical (unpaired) electrons. The van der Waals surface area contributed by atoms with E-state index in [4.69, 9.17) is 14.3 Å². The predicted octanol–water partition coefficient (Wildman–Crippen LogP) is 3.27. The number of unbranched alkanes of at least 4 members (excludes halogenated alkanes) is 4. The molecule has 0 aliphatic heterocycles. The summed E-state index contributed by atoms with van der Waals surface area (Å²) >= 11 is 0. The summed E-state index contributed by atoms with van der Waals surface area (Å²) in [6.45, 7) is 2.08. The summed E-state index contributed by atoms with van der Waals surface area (Å²) in [5.74, 6) is 0. The number of hydrogen-bond donors (Lipinski definition) is 3. The van der Waals surface area contributed by atoms with Crippen LogP contribution in [-0.2, 0) is 21.1 Å². The average molecular weight is 364 g/mol. The fourth-order valence-electron chi connectivity index (χ4n) is 2.55. The first-order valence-electron chi connectivity index (χ1n) is 7.68. The lowest BCUT2D eigenvalue weighted by Gasteiger charge is -2.15. The molecule has 1 atom stereocenters. The fourth-order valence-corrected chi connectivity index (χ4v) is 4.92. The van der Waals surface area contributed by atoms with E-state index in [0.29, 0.717) is 12.8 Å². The van der Waals surface area contributed by atoms with E-state index in [9.17, 15) is 13.0 Å². The zero-order valence-electron chi connectivity index (χ0n) is 13.3. The van der Waals surface area contributed by atoms with Crippen LogP contribution < -0.4 is 0 Å². The highest BCUT2D eigenvalue weighted by Crippen LogP contribution is 2.46. The van der Waals surface area contributed by atoms with Crippen molar-refractivity contribution < 1.29 is 27.3 Å². The van der Waals surface area contributed by atoms with Crippen LogP contribution in [0.3, 0.4) is 0 Å². The number of benzene rings is 1. The SMILES string of the molecule is Cc1ccccc1CCCCCCCC(P(=O)(O)O)S(=O)(=O)O. The van der Waals surface area contributed by atoms with Crippen LogP contribution in [0.1, 0.15) is 49.7 Å². The van der Waals surface area contributed by atoms with Crippen LogP contribution in [0.2, 0.25) is 0 Å². The lowest BCUT2D eigenvalue weighted by molar-refractivity contribution is 0.359. The molecule has 1 aromatic carbocycles. The van der Waals surface area contributed by atoms with Gasteiger partial charge in [-0.3, -0.25) is 9.12 Å². The van der Waals surface area contributed by atoms with E-state index in [2.05, 4.69) is 19.1 Å². The molecule has 0 spiro atoms. The van der Waals surface area contributed by atoms with E-state index in [1.807, 2.05) is 12.1 Å².